The Balaban J connectivity index is 1.81. The summed E-state index contributed by atoms with van der Waals surface area (Å²) in [6.45, 7) is 1.98. The molecule has 0 aliphatic carbocycles. The smallest absolute Gasteiger partial charge is 0.267 e. The average Bonchev–Trinajstić information content (AvgIpc) is 3.13. The van der Waals surface area contributed by atoms with E-state index in [1.807, 2.05) is 31.2 Å². The Morgan fingerprint density at radius 1 is 1.17 bits per heavy atom. The lowest BCUT2D eigenvalue weighted by Gasteiger charge is -2.01. The number of methoxy groups -OCH3 is 1. The number of carbonyl (C=O) groups excluding carboxylic acids is 1. The summed E-state index contributed by atoms with van der Waals surface area (Å²) in [5, 5.41) is 3.39. The predicted octanol–water partition coefficient (Wildman–Crippen LogP) is 5.09. The molecule has 0 fully saturated rings. The molecule has 0 saturated heterocycles. The van der Waals surface area contributed by atoms with Gasteiger partial charge in [0.25, 0.3) is 5.91 Å². The molecule has 118 valence electrons. The number of benzene rings is 1. The monoisotopic (exact) mass is 364 g/mol. The average molecular weight is 365 g/mol. The molecular formula is C16H13ClN2O2S2. The molecule has 2 heterocycles. The molecule has 4 nitrogen and oxygen atoms in total. The summed E-state index contributed by atoms with van der Waals surface area (Å²) >= 11 is 8.55. The van der Waals surface area contributed by atoms with E-state index in [0.717, 1.165) is 21.9 Å². The Morgan fingerprint density at radius 2 is 1.91 bits per heavy atom. The molecule has 3 aromatic rings. The van der Waals surface area contributed by atoms with Crippen LogP contribution in [0.15, 0.2) is 36.4 Å². The predicted molar refractivity (Wildman–Crippen MR) is 96.1 cm³/mol. The second-order valence-corrected chi connectivity index (χ2v) is 7.63. The van der Waals surface area contributed by atoms with Gasteiger partial charge in [-0.1, -0.05) is 11.6 Å². The topological polar surface area (TPSA) is 51.2 Å². The second-order valence-electron chi connectivity index (χ2n) is 4.71. The van der Waals surface area contributed by atoms with Crippen LogP contribution in [0.25, 0.3) is 11.3 Å². The number of thiazole rings is 1. The first-order chi connectivity index (χ1) is 11.1. The highest BCUT2D eigenvalue weighted by atomic mass is 35.5. The van der Waals surface area contributed by atoms with Crippen molar-refractivity contribution in [2.45, 2.75) is 6.92 Å². The molecule has 3 rings (SSSR count). The van der Waals surface area contributed by atoms with E-state index in [1.54, 1.807) is 19.2 Å². The van der Waals surface area contributed by atoms with Crippen LogP contribution >= 0.6 is 34.3 Å². The summed E-state index contributed by atoms with van der Waals surface area (Å²) in [7, 11) is 1.63. The van der Waals surface area contributed by atoms with Crippen LogP contribution in [0.4, 0.5) is 5.13 Å². The number of carbonyl (C=O) groups is 1. The third-order valence-electron chi connectivity index (χ3n) is 3.18. The fourth-order valence-electron chi connectivity index (χ4n) is 2.06. The molecule has 1 aromatic carbocycles. The summed E-state index contributed by atoms with van der Waals surface area (Å²) in [5.74, 6) is 0.599. The van der Waals surface area contributed by atoms with Crippen LogP contribution in [0.5, 0.6) is 5.75 Å². The zero-order valence-electron chi connectivity index (χ0n) is 12.4. The number of nitrogens with one attached hydrogen (secondary N) is 1. The van der Waals surface area contributed by atoms with Crippen LogP contribution in [0.3, 0.4) is 0 Å². The minimum atomic E-state index is -0.197. The molecular weight excluding hydrogens is 352 g/mol. The molecule has 0 atom stereocenters. The first kappa shape index (κ1) is 16.0. The number of amides is 1. The summed E-state index contributed by atoms with van der Waals surface area (Å²) in [6.07, 6.45) is 0. The molecule has 0 aliphatic heterocycles. The van der Waals surface area contributed by atoms with Gasteiger partial charge in [-0.05, 0) is 43.3 Å². The Morgan fingerprint density at radius 3 is 2.52 bits per heavy atom. The van der Waals surface area contributed by atoms with Crippen molar-refractivity contribution in [3.05, 3.63) is 50.5 Å². The van der Waals surface area contributed by atoms with E-state index < -0.39 is 0 Å². The van der Waals surface area contributed by atoms with Crippen LogP contribution in [0.1, 0.15) is 14.5 Å². The van der Waals surface area contributed by atoms with Gasteiger partial charge in [0.05, 0.1) is 22.0 Å². The number of nitrogens with zero attached hydrogens (tertiary/aromatic N) is 1. The van der Waals surface area contributed by atoms with Crippen molar-refractivity contribution in [1.82, 2.24) is 4.98 Å². The van der Waals surface area contributed by atoms with Gasteiger partial charge in [-0.3, -0.25) is 10.1 Å². The Kier molecular flexibility index (Phi) is 4.66. The third-order valence-corrected chi connectivity index (χ3v) is 5.29. The molecule has 0 aliphatic rings. The highest BCUT2D eigenvalue weighted by molar-refractivity contribution is 7.18. The van der Waals surface area contributed by atoms with Crippen molar-refractivity contribution in [3.63, 3.8) is 0 Å². The van der Waals surface area contributed by atoms with Crippen LogP contribution in [-0.4, -0.2) is 18.0 Å². The highest BCUT2D eigenvalue weighted by Crippen LogP contribution is 2.32. The number of aromatic nitrogens is 1. The maximum absolute atomic E-state index is 12.2. The minimum Gasteiger partial charge on any atom is -0.497 e. The number of thiophene rings is 1. The molecule has 0 saturated carbocycles. The van der Waals surface area contributed by atoms with Crippen molar-refractivity contribution in [2.75, 3.05) is 12.4 Å². The van der Waals surface area contributed by atoms with Crippen LogP contribution in [0, 0.1) is 6.92 Å². The SMILES string of the molecule is COc1ccc(-c2nc(NC(=O)c3ccc(Cl)s3)sc2C)cc1. The van der Waals surface area contributed by atoms with Gasteiger partial charge in [-0.25, -0.2) is 4.98 Å². The summed E-state index contributed by atoms with van der Waals surface area (Å²) in [6, 6.07) is 11.1. The van der Waals surface area contributed by atoms with Crippen LogP contribution < -0.4 is 10.1 Å². The van der Waals surface area contributed by atoms with Gasteiger partial charge in [-0.2, -0.15) is 0 Å². The van der Waals surface area contributed by atoms with E-state index in [1.165, 1.54) is 22.7 Å². The second kappa shape index (κ2) is 6.70. The van der Waals surface area contributed by atoms with E-state index in [2.05, 4.69) is 10.3 Å². The molecule has 1 N–H and O–H groups in total. The van der Waals surface area contributed by atoms with Gasteiger partial charge in [0.15, 0.2) is 5.13 Å². The highest BCUT2D eigenvalue weighted by Gasteiger charge is 2.14. The number of ether oxygens (including phenoxy) is 1. The number of halogens is 1. The van der Waals surface area contributed by atoms with E-state index in [4.69, 9.17) is 16.3 Å². The molecule has 1 amide bonds. The van der Waals surface area contributed by atoms with Crippen LogP contribution in [0.2, 0.25) is 4.34 Å². The van der Waals surface area contributed by atoms with E-state index in [-0.39, 0.29) is 5.91 Å². The lowest BCUT2D eigenvalue weighted by molar-refractivity contribution is 0.103. The van der Waals surface area contributed by atoms with Gasteiger partial charge in [0.1, 0.15) is 5.75 Å². The Hall–Kier alpha value is -1.89. The molecule has 0 bridgehead atoms. The van der Waals surface area contributed by atoms with Crippen molar-refractivity contribution in [2.24, 2.45) is 0 Å². The Bertz CT molecular complexity index is 840. The summed E-state index contributed by atoms with van der Waals surface area (Å²) in [5.41, 5.74) is 1.84. The lowest BCUT2D eigenvalue weighted by atomic mass is 10.1. The number of rotatable bonds is 4. The fourth-order valence-corrected chi connectivity index (χ4v) is 3.83. The molecule has 0 radical (unpaired) electrons. The van der Waals surface area contributed by atoms with Crippen molar-refractivity contribution < 1.29 is 9.53 Å². The third kappa shape index (κ3) is 3.55. The minimum absolute atomic E-state index is 0.197. The first-order valence-electron chi connectivity index (χ1n) is 6.75. The Labute approximate surface area is 146 Å². The van der Waals surface area contributed by atoms with Crippen molar-refractivity contribution in [1.29, 1.82) is 0 Å². The number of hydrogen-bond acceptors (Lipinski definition) is 5. The molecule has 0 spiro atoms. The van der Waals surface area contributed by atoms with E-state index in [9.17, 15) is 4.79 Å². The zero-order valence-corrected chi connectivity index (χ0v) is 14.8. The molecule has 23 heavy (non-hydrogen) atoms. The quantitative estimate of drug-likeness (QED) is 0.701. The van der Waals surface area contributed by atoms with Gasteiger partial charge in [0.2, 0.25) is 0 Å². The number of hydrogen-bond donors (Lipinski definition) is 1. The molecule has 2 aromatic heterocycles. The molecule has 0 unspecified atom stereocenters. The molecule has 7 heteroatoms. The van der Waals surface area contributed by atoms with Gasteiger partial charge in [0, 0.05) is 10.4 Å². The standard InChI is InChI=1S/C16H13ClN2O2S2/c1-9-14(10-3-5-11(21-2)6-4-10)18-16(22-9)19-15(20)12-7-8-13(17)23-12/h3-8H,1-2H3,(H,18,19,20). The van der Waals surface area contributed by atoms with Gasteiger partial charge < -0.3 is 4.74 Å². The van der Waals surface area contributed by atoms with Crippen LogP contribution in [-0.2, 0) is 0 Å². The maximum Gasteiger partial charge on any atom is 0.267 e. The van der Waals surface area contributed by atoms with Crippen molar-refractivity contribution in [3.8, 4) is 17.0 Å². The summed E-state index contributed by atoms with van der Waals surface area (Å²) < 4.78 is 5.75. The maximum atomic E-state index is 12.2. The summed E-state index contributed by atoms with van der Waals surface area (Å²) in [4.78, 5) is 18.3. The number of anilines is 1. The largest absolute Gasteiger partial charge is 0.497 e. The lowest BCUT2D eigenvalue weighted by Crippen LogP contribution is -2.09. The number of aryl methyl sites for hydroxylation is 1. The van der Waals surface area contributed by atoms with E-state index >= 15 is 0 Å². The zero-order chi connectivity index (χ0) is 16.4. The van der Waals surface area contributed by atoms with Crippen molar-refractivity contribution >= 4 is 45.3 Å². The van der Waals surface area contributed by atoms with Gasteiger partial charge >= 0.3 is 0 Å². The van der Waals surface area contributed by atoms with E-state index in [0.29, 0.717) is 14.3 Å². The fraction of sp³-hybridized carbons (Fsp3) is 0.125. The normalized spacial score (nSPS) is 10.6. The first-order valence-corrected chi connectivity index (χ1v) is 8.76. The van der Waals surface area contributed by atoms with Gasteiger partial charge in [-0.15, -0.1) is 22.7 Å².